The molecule has 1 aromatic heterocycles. The molecule has 0 unspecified atom stereocenters. The molecule has 0 aliphatic rings. The van der Waals surface area contributed by atoms with Crippen LogP contribution in [0.2, 0.25) is 5.02 Å². The van der Waals surface area contributed by atoms with E-state index < -0.39 is 11.6 Å². The van der Waals surface area contributed by atoms with Crippen LogP contribution in [0.3, 0.4) is 0 Å². The molecule has 0 atom stereocenters. The van der Waals surface area contributed by atoms with Gasteiger partial charge in [-0.15, -0.1) is 11.3 Å². The highest BCUT2D eigenvalue weighted by Gasteiger charge is 2.11. The van der Waals surface area contributed by atoms with Gasteiger partial charge in [-0.05, 0) is 29.8 Å². The molecule has 0 fully saturated rings. The topological polar surface area (TPSA) is 42.0 Å². The number of halogens is 3. The smallest absolute Gasteiger partial charge is 0.230 e. The summed E-state index contributed by atoms with van der Waals surface area (Å²) in [5, 5.41) is 5.24. The predicted octanol–water partition coefficient (Wildman–Crippen LogP) is 4.92. The molecule has 1 heterocycles. The Kier molecular flexibility index (Phi) is 4.87. The highest BCUT2D eigenvalue weighted by Crippen LogP contribution is 2.26. The van der Waals surface area contributed by atoms with Crippen LogP contribution in [0, 0.1) is 11.6 Å². The zero-order valence-electron chi connectivity index (χ0n) is 12.2. The summed E-state index contributed by atoms with van der Waals surface area (Å²) >= 11 is 7.23. The number of amides is 1. The van der Waals surface area contributed by atoms with Gasteiger partial charge >= 0.3 is 0 Å². The molecule has 0 radical (unpaired) electrons. The molecule has 0 saturated heterocycles. The Balaban J connectivity index is 1.70. The number of benzene rings is 2. The van der Waals surface area contributed by atoms with E-state index in [4.69, 9.17) is 11.6 Å². The second-order valence-corrected chi connectivity index (χ2v) is 6.25. The summed E-state index contributed by atoms with van der Waals surface area (Å²) in [4.78, 5) is 16.3. The number of carbonyl (C=O) groups excluding carboxylic acids is 1. The lowest BCUT2D eigenvalue weighted by atomic mass is 10.1. The van der Waals surface area contributed by atoms with Crippen LogP contribution in [-0.4, -0.2) is 10.9 Å². The van der Waals surface area contributed by atoms with E-state index in [0.29, 0.717) is 27.0 Å². The highest BCUT2D eigenvalue weighted by molar-refractivity contribution is 7.14. The summed E-state index contributed by atoms with van der Waals surface area (Å²) in [5.41, 5.74) is 1.62. The van der Waals surface area contributed by atoms with Gasteiger partial charge in [0.05, 0.1) is 12.1 Å². The van der Waals surface area contributed by atoms with Crippen molar-refractivity contribution in [2.75, 3.05) is 5.32 Å². The SMILES string of the molecule is O=C(Cc1ccccc1Cl)Nc1nc(-c2ccc(F)c(F)c2)cs1. The zero-order chi connectivity index (χ0) is 17.1. The largest absolute Gasteiger partial charge is 0.302 e. The van der Waals surface area contributed by atoms with E-state index in [1.54, 1.807) is 29.6 Å². The Hall–Kier alpha value is -2.31. The molecule has 122 valence electrons. The van der Waals surface area contributed by atoms with Gasteiger partial charge in [0.1, 0.15) is 0 Å². The van der Waals surface area contributed by atoms with Gasteiger partial charge in [0.25, 0.3) is 0 Å². The van der Waals surface area contributed by atoms with Gasteiger partial charge in [0.2, 0.25) is 5.91 Å². The van der Waals surface area contributed by atoms with Crippen LogP contribution in [0.5, 0.6) is 0 Å². The maximum atomic E-state index is 13.3. The van der Waals surface area contributed by atoms with E-state index in [1.807, 2.05) is 0 Å². The molecule has 1 amide bonds. The van der Waals surface area contributed by atoms with Crippen LogP contribution in [0.1, 0.15) is 5.56 Å². The normalized spacial score (nSPS) is 10.6. The first-order valence-corrected chi connectivity index (χ1v) is 8.23. The number of rotatable bonds is 4. The van der Waals surface area contributed by atoms with Gasteiger partial charge in [-0.3, -0.25) is 4.79 Å². The van der Waals surface area contributed by atoms with Crippen LogP contribution in [0.4, 0.5) is 13.9 Å². The summed E-state index contributed by atoms with van der Waals surface area (Å²) in [5.74, 6) is -2.11. The second kappa shape index (κ2) is 7.07. The fraction of sp³-hybridized carbons (Fsp3) is 0.0588. The quantitative estimate of drug-likeness (QED) is 0.713. The molecule has 0 saturated carbocycles. The molecule has 0 aliphatic heterocycles. The minimum atomic E-state index is -0.940. The molecule has 3 aromatic rings. The van der Waals surface area contributed by atoms with Crippen LogP contribution >= 0.6 is 22.9 Å². The number of nitrogens with one attached hydrogen (secondary N) is 1. The maximum absolute atomic E-state index is 13.3. The van der Waals surface area contributed by atoms with Crippen LogP contribution in [-0.2, 0) is 11.2 Å². The van der Waals surface area contributed by atoms with Gasteiger partial charge in [0, 0.05) is 16.0 Å². The molecular formula is C17H11ClF2N2OS. The number of thiazole rings is 1. The van der Waals surface area contributed by atoms with Crippen molar-refractivity contribution in [2.45, 2.75) is 6.42 Å². The minimum Gasteiger partial charge on any atom is -0.302 e. The molecule has 0 spiro atoms. The van der Waals surface area contributed by atoms with Crippen LogP contribution in [0.15, 0.2) is 47.8 Å². The van der Waals surface area contributed by atoms with E-state index in [0.717, 1.165) is 12.1 Å². The lowest BCUT2D eigenvalue weighted by Gasteiger charge is -2.04. The lowest BCUT2D eigenvalue weighted by molar-refractivity contribution is -0.115. The van der Waals surface area contributed by atoms with Crippen LogP contribution < -0.4 is 5.32 Å². The number of anilines is 1. The number of carbonyl (C=O) groups is 1. The third kappa shape index (κ3) is 3.77. The van der Waals surface area contributed by atoms with Gasteiger partial charge in [-0.25, -0.2) is 13.8 Å². The van der Waals surface area contributed by atoms with E-state index in [-0.39, 0.29) is 12.3 Å². The molecule has 0 aliphatic carbocycles. The second-order valence-electron chi connectivity index (χ2n) is 4.98. The Bertz CT molecular complexity index is 898. The van der Waals surface area contributed by atoms with Crippen molar-refractivity contribution >= 4 is 34.0 Å². The van der Waals surface area contributed by atoms with Crippen molar-refractivity contribution in [1.82, 2.24) is 4.98 Å². The summed E-state index contributed by atoms with van der Waals surface area (Å²) in [6.45, 7) is 0. The highest BCUT2D eigenvalue weighted by atomic mass is 35.5. The predicted molar refractivity (Wildman–Crippen MR) is 91.3 cm³/mol. The Labute approximate surface area is 145 Å². The Morgan fingerprint density at radius 1 is 1.17 bits per heavy atom. The van der Waals surface area contributed by atoms with Crippen molar-refractivity contribution in [3.05, 3.63) is 70.1 Å². The lowest BCUT2D eigenvalue weighted by Crippen LogP contribution is -2.14. The first kappa shape index (κ1) is 16.5. The van der Waals surface area contributed by atoms with Crippen molar-refractivity contribution in [2.24, 2.45) is 0 Å². The average Bonchev–Trinajstić information content (AvgIpc) is 3.00. The van der Waals surface area contributed by atoms with E-state index in [1.165, 1.54) is 17.4 Å². The van der Waals surface area contributed by atoms with Crippen LogP contribution in [0.25, 0.3) is 11.3 Å². The number of aromatic nitrogens is 1. The Morgan fingerprint density at radius 2 is 1.96 bits per heavy atom. The standard InChI is InChI=1S/C17H11ClF2N2OS/c18-12-4-2-1-3-10(12)8-16(23)22-17-21-15(9-24-17)11-5-6-13(19)14(20)7-11/h1-7,9H,8H2,(H,21,22,23). The molecule has 3 nitrogen and oxygen atoms in total. The molecule has 2 aromatic carbocycles. The fourth-order valence-electron chi connectivity index (χ4n) is 2.10. The molecule has 1 N–H and O–H groups in total. The van der Waals surface area contributed by atoms with E-state index in [9.17, 15) is 13.6 Å². The molecule has 3 rings (SSSR count). The van der Waals surface area contributed by atoms with Gasteiger partial charge in [0.15, 0.2) is 16.8 Å². The first-order chi connectivity index (χ1) is 11.5. The van der Waals surface area contributed by atoms with Crippen molar-refractivity contribution in [3.8, 4) is 11.3 Å². The average molecular weight is 365 g/mol. The summed E-state index contributed by atoms with van der Waals surface area (Å²) in [7, 11) is 0. The van der Waals surface area contributed by atoms with Gasteiger partial charge in [-0.2, -0.15) is 0 Å². The van der Waals surface area contributed by atoms with Gasteiger partial charge < -0.3 is 5.32 Å². The first-order valence-electron chi connectivity index (χ1n) is 6.97. The third-order valence-corrected chi connectivity index (χ3v) is 4.40. The molecule has 7 heteroatoms. The molecule has 24 heavy (non-hydrogen) atoms. The summed E-state index contributed by atoms with van der Waals surface area (Å²) in [6, 6.07) is 10.6. The maximum Gasteiger partial charge on any atom is 0.230 e. The Morgan fingerprint density at radius 3 is 2.71 bits per heavy atom. The minimum absolute atomic E-state index is 0.125. The molecule has 0 bridgehead atoms. The van der Waals surface area contributed by atoms with E-state index in [2.05, 4.69) is 10.3 Å². The zero-order valence-corrected chi connectivity index (χ0v) is 13.8. The van der Waals surface area contributed by atoms with Crippen molar-refractivity contribution < 1.29 is 13.6 Å². The van der Waals surface area contributed by atoms with Crippen molar-refractivity contribution in [1.29, 1.82) is 0 Å². The third-order valence-electron chi connectivity index (χ3n) is 3.27. The van der Waals surface area contributed by atoms with E-state index >= 15 is 0 Å². The number of nitrogens with zero attached hydrogens (tertiary/aromatic N) is 1. The number of hydrogen-bond donors (Lipinski definition) is 1. The number of hydrogen-bond acceptors (Lipinski definition) is 3. The van der Waals surface area contributed by atoms with Crippen molar-refractivity contribution in [3.63, 3.8) is 0 Å². The monoisotopic (exact) mass is 364 g/mol. The fourth-order valence-corrected chi connectivity index (χ4v) is 3.04. The molecular weight excluding hydrogens is 354 g/mol. The van der Waals surface area contributed by atoms with Gasteiger partial charge in [-0.1, -0.05) is 29.8 Å². The summed E-state index contributed by atoms with van der Waals surface area (Å²) in [6.07, 6.45) is 0.125. The summed E-state index contributed by atoms with van der Waals surface area (Å²) < 4.78 is 26.3.